The van der Waals surface area contributed by atoms with Gasteiger partial charge in [-0.05, 0) is 37.1 Å². The number of aryl methyl sites for hydroxylation is 3. The van der Waals surface area contributed by atoms with Gasteiger partial charge in [0, 0.05) is 57.4 Å². The Morgan fingerprint density at radius 1 is 1.15 bits per heavy atom. The Labute approximate surface area is 191 Å². The first-order chi connectivity index (χ1) is 15.8. The van der Waals surface area contributed by atoms with E-state index in [1.165, 1.54) is 0 Å². The van der Waals surface area contributed by atoms with Crippen molar-refractivity contribution in [1.82, 2.24) is 23.6 Å². The summed E-state index contributed by atoms with van der Waals surface area (Å²) in [5.74, 6) is 1.20. The van der Waals surface area contributed by atoms with Gasteiger partial charge in [-0.2, -0.15) is 0 Å². The minimum Gasteiger partial charge on any atom is -0.494 e. The smallest absolute Gasteiger partial charge is 0.274 e. The maximum absolute atomic E-state index is 13.2. The number of hydrogen-bond acceptors (Lipinski definition) is 5. The normalized spacial score (nSPS) is 16.6. The molecule has 1 aliphatic rings. The fourth-order valence-electron chi connectivity index (χ4n) is 4.86. The molecule has 4 heterocycles. The number of nitrogens with two attached hydrogens (primary N) is 1. The van der Waals surface area contributed by atoms with Crippen LogP contribution in [0.15, 0.2) is 35.3 Å². The van der Waals surface area contributed by atoms with Crippen molar-refractivity contribution >= 4 is 27.8 Å². The summed E-state index contributed by atoms with van der Waals surface area (Å²) in [6, 6.07) is 7.47. The van der Waals surface area contributed by atoms with E-state index in [2.05, 4.69) is 0 Å². The predicted molar refractivity (Wildman–Crippen MR) is 128 cm³/mol. The average Bonchev–Trinajstić information content (AvgIpc) is 3.32. The monoisotopic (exact) mass is 448 g/mol. The summed E-state index contributed by atoms with van der Waals surface area (Å²) in [5.41, 5.74) is 9.43. The number of fused-ring (bicyclic) bond motifs is 2. The number of rotatable bonds is 3. The van der Waals surface area contributed by atoms with Gasteiger partial charge in [-0.25, -0.2) is 4.98 Å². The lowest BCUT2D eigenvalue weighted by Gasteiger charge is -2.30. The number of hydrogen-bond donors (Lipinski definition) is 1. The molecule has 4 aromatic rings. The summed E-state index contributed by atoms with van der Waals surface area (Å²) in [6.45, 7) is 1.25. The highest BCUT2D eigenvalue weighted by Crippen LogP contribution is 2.33. The summed E-state index contributed by atoms with van der Waals surface area (Å²) >= 11 is 0. The molecule has 5 rings (SSSR count). The summed E-state index contributed by atoms with van der Waals surface area (Å²) in [6.07, 6.45) is 3.60. The number of benzene rings is 1. The number of aromatic nitrogens is 4. The van der Waals surface area contributed by atoms with Gasteiger partial charge in [-0.3, -0.25) is 9.59 Å². The largest absolute Gasteiger partial charge is 0.494 e. The van der Waals surface area contributed by atoms with Crippen LogP contribution in [0, 0.1) is 0 Å². The van der Waals surface area contributed by atoms with E-state index in [1.54, 1.807) is 35.9 Å². The minimum atomic E-state index is -0.0646. The Morgan fingerprint density at radius 3 is 2.67 bits per heavy atom. The van der Waals surface area contributed by atoms with Crippen LogP contribution >= 0.6 is 0 Å². The van der Waals surface area contributed by atoms with Gasteiger partial charge >= 0.3 is 0 Å². The van der Waals surface area contributed by atoms with Gasteiger partial charge in [0.25, 0.3) is 11.5 Å². The molecular weight excluding hydrogens is 420 g/mol. The summed E-state index contributed by atoms with van der Waals surface area (Å²) < 4.78 is 11.0. The number of ether oxygens (including phenoxy) is 1. The predicted octanol–water partition coefficient (Wildman–Crippen LogP) is 2.00. The molecule has 1 unspecified atom stereocenters. The van der Waals surface area contributed by atoms with E-state index in [9.17, 15) is 9.59 Å². The molecule has 1 fully saturated rings. The van der Waals surface area contributed by atoms with Crippen LogP contribution < -0.4 is 16.0 Å². The third-order valence-electron chi connectivity index (χ3n) is 6.64. The second kappa shape index (κ2) is 7.77. The van der Waals surface area contributed by atoms with Gasteiger partial charge in [0.2, 0.25) is 0 Å². The van der Waals surface area contributed by atoms with E-state index in [1.807, 2.05) is 41.4 Å². The van der Waals surface area contributed by atoms with E-state index in [0.29, 0.717) is 41.3 Å². The lowest BCUT2D eigenvalue weighted by Crippen LogP contribution is -2.45. The minimum absolute atomic E-state index is 0.00830. The second-order valence-corrected chi connectivity index (χ2v) is 8.82. The summed E-state index contributed by atoms with van der Waals surface area (Å²) in [4.78, 5) is 32.6. The molecule has 1 atom stereocenters. The van der Waals surface area contributed by atoms with Crippen LogP contribution in [0.3, 0.4) is 0 Å². The van der Waals surface area contributed by atoms with Crippen LogP contribution in [0.2, 0.25) is 0 Å². The van der Waals surface area contributed by atoms with Crippen LogP contribution in [-0.4, -0.2) is 55.7 Å². The van der Waals surface area contributed by atoms with E-state index in [0.717, 1.165) is 29.4 Å². The van der Waals surface area contributed by atoms with Crippen molar-refractivity contribution in [3.8, 4) is 17.3 Å². The van der Waals surface area contributed by atoms with Crippen LogP contribution in [0.5, 0.6) is 5.75 Å². The maximum atomic E-state index is 13.2. The second-order valence-electron chi connectivity index (χ2n) is 8.82. The van der Waals surface area contributed by atoms with Crippen molar-refractivity contribution in [2.45, 2.75) is 18.9 Å². The molecule has 0 bridgehead atoms. The first-order valence-corrected chi connectivity index (χ1v) is 11.0. The molecule has 1 aromatic carbocycles. The Bertz CT molecular complexity index is 1460. The molecule has 3 aromatic heterocycles. The molecule has 0 saturated carbocycles. The number of amides is 1. The van der Waals surface area contributed by atoms with Gasteiger partial charge in [-0.15, -0.1) is 0 Å². The highest BCUT2D eigenvalue weighted by Gasteiger charge is 2.25. The number of imidazole rings is 1. The molecule has 33 heavy (non-hydrogen) atoms. The molecule has 1 saturated heterocycles. The number of carbonyl (C=O) groups excluding carboxylic acids is 1. The van der Waals surface area contributed by atoms with Crippen molar-refractivity contribution < 1.29 is 9.53 Å². The maximum Gasteiger partial charge on any atom is 0.274 e. The Balaban J connectivity index is 1.66. The van der Waals surface area contributed by atoms with Crippen molar-refractivity contribution in [2.24, 2.45) is 26.9 Å². The Morgan fingerprint density at radius 2 is 1.94 bits per heavy atom. The Hall–Kier alpha value is -3.59. The molecule has 9 heteroatoms. The molecule has 1 amide bonds. The number of likely N-dealkylation sites (tertiary alicyclic amines) is 1. The average molecular weight is 449 g/mol. The van der Waals surface area contributed by atoms with Gasteiger partial charge in [0.1, 0.15) is 16.8 Å². The highest BCUT2D eigenvalue weighted by atomic mass is 16.5. The van der Waals surface area contributed by atoms with Gasteiger partial charge in [0.15, 0.2) is 5.82 Å². The molecule has 0 spiro atoms. The van der Waals surface area contributed by atoms with Gasteiger partial charge in [-0.1, -0.05) is 0 Å². The molecule has 9 nitrogen and oxygen atoms in total. The number of piperidine rings is 1. The third kappa shape index (κ3) is 3.31. The van der Waals surface area contributed by atoms with Gasteiger partial charge < -0.3 is 29.1 Å². The fraction of sp³-hybridized carbons (Fsp3) is 0.375. The first-order valence-electron chi connectivity index (χ1n) is 11.0. The van der Waals surface area contributed by atoms with E-state index < -0.39 is 0 Å². The molecule has 172 valence electrons. The Kier molecular flexibility index (Phi) is 5.01. The van der Waals surface area contributed by atoms with Crippen LogP contribution in [-0.2, 0) is 21.1 Å². The fourth-order valence-corrected chi connectivity index (χ4v) is 4.86. The zero-order chi connectivity index (χ0) is 23.4. The molecular formula is C24H28N6O3. The van der Waals surface area contributed by atoms with E-state index in [-0.39, 0.29) is 17.5 Å². The third-order valence-corrected chi connectivity index (χ3v) is 6.64. The molecule has 0 radical (unpaired) electrons. The van der Waals surface area contributed by atoms with Crippen molar-refractivity contribution in [2.75, 3.05) is 20.2 Å². The van der Waals surface area contributed by atoms with E-state index >= 15 is 0 Å². The SMILES string of the molecule is COc1cc(C(=O)N2CCCC(N)C2)cc2nc(-c3cc4ccn(C)c(=O)c4n3C)n(C)c12. The van der Waals surface area contributed by atoms with Crippen molar-refractivity contribution in [3.63, 3.8) is 0 Å². The quantitative estimate of drug-likeness (QED) is 0.517. The van der Waals surface area contributed by atoms with Crippen molar-refractivity contribution in [1.29, 1.82) is 0 Å². The lowest BCUT2D eigenvalue weighted by molar-refractivity contribution is 0.0708. The highest BCUT2D eigenvalue weighted by molar-refractivity contribution is 6.00. The first kappa shape index (κ1) is 21.3. The molecule has 1 aliphatic heterocycles. The summed E-state index contributed by atoms with van der Waals surface area (Å²) in [7, 11) is 7.10. The molecule has 0 aliphatic carbocycles. The number of carbonyl (C=O) groups is 1. The van der Waals surface area contributed by atoms with Crippen LogP contribution in [0.1, 0.15) is 23.2 Å². The number of methoxy groups -OCH3 is 1. The van der Waals surface area contributed by atoms with Crippen LogP contribution in [0.4, 0.5) is 0 Å². The van der Waals surface area contributed by atoms with Crippen molar-refractivity contribution in [3.05, 3.63) is 46.4 Å². The molecule has 2 N–H and O–H groups in total. The summed E-state index contributed by atoms with van der Waals surface area (Å²) in [5, 5.41) is 0.854. The topological polar surface area (TPSA) is 100 Å². The zero-order valence-corrected chi connectivity index (χ0v) is 19.3. The standard InChI is InChI=1S/C24H28N6O3/c1-27-9-7-14-11-18(28(2)20(14)24(27)32)22-26-17-10-15(12-19(33-4)21(17)29(22)3)23(31)30-8-5-6-16(25)13-30/h7,9-12,16H,5-6,8,13,25H2,1-4H3. The van der Waals surface area contributed by atoms with Gasteiger partial charge in [0.05, 0.1) is 18.3 Å². The zero-order valence-electron chi connectivity index (χ0n) is 19.3. The van der Waals surface area contributed by atoms with E-state index in [4.69, 9.17) is 15.5 Å². The number of pyridine rings is 1. The lowest BCUT2D eigenvalue weighted by atomic mass is 10.0. The number of nitrogens with zero attached hydrogens (tertiary/aromatic N) is 5. The van der Waals surface area contributed by atoms with Crippen LogP contribution in [0.25, 0.3) is 33.5 Å².